The SMILES string of the molecule is CCOC(=O)CCCOc1cccc(N)c1. The molecule has 0 aliphatic carbocycles. The van der Waals surface area contributed by atoms with E-state index >= 15 is 0 Å². The lowest BCUT2D eigenvalue weighted by molar-refractivity contribution is -0.143. The molecule has 1 aromatic rings. The smallest absolute Gasteiger partial charge is 0.305 e. The van der Waals surface area contributed by atoms with Crippen LogP contribution in [0.4, 0.5) is 5.69 Å². The van der Waals surface area contributed by atoms with Gasteiger partial charge in [-0.05, 0) is 25.5 Å². The zero-order valence-electron chi connectivity index (χ0n) is 9.44. The summed E-state index contributed by atoms with van der Waals surface area (Å²) >= 11 is 0. The van der Waals surface area contributed by atoms with Gasteiger partial charge in [-0.2, -0.15) is 0 Å². The molecule has 2 N–H and O–H groups in total. The van der Waals surface area contributed by atoms with Crippen LogP contribution in [-0.4, -0.2) is 19.2 Å². The van der Waals surface area contributed by atoms with Crippen molar-refractivity contribution >= 4 is 11.7 Å². The minimum absolute atomic E-state index is 0.182. The van der Waals surface area contributed by atoms with Gasteiger partial charge in [0.1, 0.15) is 5.75 Å². The van der Waals surface area contributed by atoms with Gasteiger partial charge in [0.25, 0.3) is 0 Å². The maximum atomic E-state index is 11.0. The first-order chi connectivity index (χ1) is 7.72. The Hall–Kier alpha value is -1.71. The summed E-state index contributed by atoms with van der Waals surface area (Å²) in [5.41, 5.74) is 6.27. The molecule has 1 rings (SSSR count). The minimum Gasteiger partial charge on any atom is -0.494 e. The maximum Gasteiger partial charge on any atom is 0.305 e. The fourth-order valence-electron chi connectivity index (χ4n) is 1.24. The molecule has 4 nitrogen and oxygen atoms in total. The van der Waals surface area contributed by atoms with Gasteiger partial charge in [0.05, 0.1) is 13.2 Å². The molecule has 0 aliphatic rings. The Balaban J connectivity index is 2.18. The van der Waals surface area contributed by atoms with Crippen LogP contribution >= 0.6 is 0 Å². The predicted molar refractivity (Wildman–Crippen MR) is 62.2 cm³/mol. The second kappa shape index (κ2) is 6.71. The molecule has 0 unspecified atom stereocenters. The molecule has 0 spiro atoms. The van der Waals surface area contributed by atoms with Crippen molar-refractivity contribution in [1.29, 1.82) is 0 Å². The van der Waals surface area contributed by atoms with Crippen molar-refractivity contribution in [1.82, 2.24) is 0 Å². The number of rotatable bonds is 6. The van der Waals surface area contributed by atoms with Crippen LogP contribution in [0.15, 0.2) is 24.3 Å². The first-order valence-corrected chi connectivity index (χ1v) is 5.36. The van der Waals surface area contributed by atoms with Gasteiger partial charge in [0.15, 0.2) is 0 Å². The summed E-state index contributed by atoms with van der Waals surface area (Å²) in [4.78, 5) is 11.0. The fourth-order valence-corrected chi connectivity index (χ4v) is 1.24. The maximum absolute atomic E-state index is 11.0. The third-order valence-corrected chi connectivity index (χ3v) is 1.96. The molecule has 0 saturated heterocycles. The molecule has 0 bridgehead atoms. The summed E-state index contributed by atoms with van der Waals surface area (Å²) in [5.74, 6) is 0.544. The summed E-state index contributed by atoms with van der Waals surface area (Å²) in [6.45, 7) is 2.71. The van der Waals surface area contributed by atoms with Crippen molar-refractivity contribution in [3.63, 3.8) is 0 Å². The van der Waals surface area contributed by atoms with Crippen LogP contribution in [0.5, 0.6) is 5.75 Å². The van der Waals surface area contributed by atoms with Crippen LogP contribution in [0.3, 0.4) is 0 Å². The van der Waals surface area contributed by atoms with E-state index < -0.39 is 0 Å². The first-order valence-electron chi connectivity index (χ1n) is 5.36. The number of ether oxygens (including phenoxy) is 2. The molecule has 0 saturated carbocycles. The number of anilines is 1. The number of hydrogen-bond donors (Lipinski definition) is 1. The number of esters is 1. The molecule has 0 aromatic heterocycles. The molecule has 16 heavy (non-hydrogen) atoms. The Labute approximate surface area is 95.3 Å². The largest absolute Gasteiger partial charge is 0.494 e. The van der Waals surface area contributed by atoms with E-state index in [2.05, 4.69) is 0 Å². The van der Waals surface area contributed by atoms with Crippen LogP contribution in [0.2, 0.25) is 0 Å². The Kier molecular flexibility index (Phi) is 5.19. The van der Waals surface area contributed by atoms with E-state index in [0.29, 0.717) is 31.7 Å². The standard InChI is InChI=1S/C12H17NO3/c1-2-15-12(14)7-4-8-16-11-6-3-5-10(13)9-11/h3,5-6,9H,2,4,7-8,13H2,1H3. The van der Waals surface area contributed by atoms with Crippen LogP contribution in [0.25, 0.3) is 0 Å². The van der Waals surface area contributed by atoms with E-state index in [1.165, 1.54) is 0 Å². The average Bonchev–Trinajstić information content (AvgIpc) is 2.25. The monoisotopic (exact) mass is 223 g/mol. The normalized spacial score (nSPS) is 9.81. The van der Waals surface area contributed by atoms with Gasteiger partial charge < -0.3 is 15.2 Å². The van der Waals surface area contributed by atoms with E-state index in [0.717, 1.165) is 5.75 Å². The van der Waals surface area contributed by atoms with E-state index in [9.17, 15) is 4.79 Å². The van der Waals surface area contributed by atoms with Crippen molar-refractivity contribution < 1.29 is 14.3 Å². The summed E-state index contributed by atoms with van der Waals surface area (Å²) < 4.78 is 10.2. The molecular formula is C12H17NO3. The van der Waals surface area contributed by atoms with Crippen LogP contribution in [0.1, 0.15) is 19.8 Å². The lowest BCUT2D eigenvalue weighted by Gasteiger charge is -2.06. The Morgan fingerprint density at radius 1 is 1.44 bits per heavy atom. The third-order valence-electron chi connectivity index (χ3n) is 1.96. The zero-order valence-corrected chi connectivity index (χ0v) is 9.44. The lowest BCUT2D eigenvalue weighted by Crippen LogP contribution is -2.06. The zero-order chi connectivity index (χ0) is 11.8. The van der Waals surface area contributed by atoms with Gasteiger partial charge in [-0.15, -0.1) is 0 Å². The fraction of sp³-hybridized carbons (Fsp3) is 0.417. The second-order valence-electron chi connectivity index (χ2n) is 3.33. The molecule has 0 radical (unpaired) electrons. The topological polar surface area (TPSA) is 61.5 Å². The third kappa shape index (κ3) is 4.68. The van der Waals surface area contributed by atoms with Crippen LogP contribution in [-0.2, 0) is 9.53 Å². The predicted octanol–water partition coefficient (Wildman–Crippen LogP) is 1.99. The minimum atomic E-state index is -0.182. The molecule has 1 aromatic carbocycles. The van der Waals surface area contributed by atoms with Crippen molar-refractivity contribution in [3.8, 4) is 5.75 Å². The van der Waals surface area contributed by atoms with Crippen molar-refractivity contribution in [3.05, 3.63) is 24.3 Å². The van der Waals surface area contributed by atoms with Gasteiger partial charge in [-0.25, -0.2) is 0 Å². The molecule has 0 atom stereocenters. The van der Waals surface area contributed by atoms with Gasteiger partial charge >= 0.3 is 5.97 Å². The molecule has 0 aliphatic heterocycles. The highest BCUT2D eigenvalue weighted by molar-refractivity contribution is 5.69. The number of hydrogen-bond acceptors (Lipinski definition) is 4. The highest BCUT2D eigenvalue weighted by Crippen LogP contribution is 2.14. The van der Waals surface area contributed by atoms with E-state index in [1.807, 2.05) is 12.1 Å². The van der Waals surface area contributed by atoms with Gasteiger partial charge in [0, 0.05) is 18.2 Å². The number of nitrogen functional groups attached to an aromatic ring is 1. The lowest BCUT2D eigenvalue weighted by atomic mass is 10.3. The molecular weight excluding hydrogens is 206 g/mol. The Morgan fingerprint density at radius 3 is 2.94 bits per heavy atom. The summed E-state index contributed by atoms with van der Waals surface area (Å²) in [6.07, 6.45) is 1.03. The Bertz CT molecular complexity index is 339. The highest BCUT2D eigenvalue weighted by Gasteiger charge is 2.01. The van der Waals surface area contributed by atoms with Crippen molar-refractivity contribution in [2.45, 2.75) is 19.8 Å². The Morgan fingerprint density at radius 2 is 2.25 bits per heavy atom. The summed E-state index contributed by atoms with van der Waals surface area (Å²) in [6, 6.07) is 7.21. The quantitative estimate of drug-likeness (QED) is 0.455. The van der Waals surface area contributed by atoms with Crippen molar-refractivity contribution in [2.24, 2.45) is 0 Å². The van der Waals surface area contributed by atoms with Crippen molar-refractivity contribution in [2.75, 3.05) is 18.9 Å². The number of nitrogens with two attached hydrogens (primary N) is 1. The number of benzene rings is 1. The molecule has 88 valence electrons. The molecule has 4 heteroatoms. The number of carbonyl (C=O) groups is 1. The average molecular weight is 223 g/mol. The van der Waals surface area contributed by atoms with E-state index in [4.69, 9.17) is 15.2 Å². The van der Waals surface area contributed by atoms with Gasteiger partial charge in [-0.3, -0.25) is 4.79 Å². The van der Waals surface area contributed by atoms with E-state index in [1.54, 1.807) is 19.1 Å². The van der Waals surface area contributed by atoms with Crippen LogP contribution < -0.4 is 10.5 Å². The van der Waals surface area contributed by atoms with Gasteiger partial charge in [0.2, 0.25) is 0 Å². The molecule has 0 amide bonds. The van der Waals surface area contributed by atoms with Gasteiger partial charge in [-0.1, -0.05) is 6.07 Å². The van der Waals surface area contributed by atoms with E-state index in [-0.39, 0.29) is 5.97 Å². The first kappa shape index (κ1) is 12.4. The molecule has 0 heterocycles. The molecule has 0 fully saturated rings. The highest BCUT2D eigenvalue weighted by atomic mass is 16.5. The number of carbonyl (C=O) groups excluding carboxylic acids is 1. The summed E-state index contributed by atoms with van der Waals surface area (Å²) in [5, 5.41) is 0. The summed E-state index contributed by atoms with van der Waals surface area (Å²) in [7, 11) is 0. The van der Waals surface area contributed by atoms with Crippen LogP contribution in [0, 0.1) is 0 Å². The second-order valence-corrected chi connectivity index (χ2v) is 3.33.